The molecule has 1 amide bonds. The fourth-order valence-electron chi connectivity index (χ4n) is 3.02. The molecule has 4 rings (SSSR count). The molecule has 0 saturated carbocycles. The van der Waals surface area contributed by atoms with Crippen molar-refractivity contribution in [3.05, 3.63) is 80.1 Å². The van der Waals surface area contributed by atoms with Crippen LogP contribution < -0.4 is 5.32 Å². The van der Waals surface area contributed by atoms with Gasteiger partial charge in [0.05, 0.1) is 22.0 Å². The number of nitro benzene ring substituents is 1. The SMILES string of the molecule is Cc1nn(-c2ccc(Cl)cc2)c2sc(C(=O)OCC(=O)Nc3cc([N+](=O)[O-])ccc3F)cc12. The summed E-state index contributed by atoms with van der Waals surface area (Å²) in [5.74, 6) is -2.44. The van der Waals surface area contributed by atoms with E-state index in [4.69, 9.17) is 16.3 Å². The molecule has 12 heteroatoms. The lowest BCUT2D eigenvalue weighted by molar-refractivity contribution is -0.384. The summed E-state index contributed by atoms with van der Waals surface area (Å²) in [4.78, 5) is 35.6. The first-order valence-electron chi connectivity index (χ1n) is 9.39. The molecule has 0 saturated heterocycles. The molecule has 2 aromatic carbocycles. The molecule has 0 spiro atoms. The highest BCUT2D eigenvalue weighted by Gasteiger charge is 2.20. The average molecular weight is 489 g/mol. The number of rotatable bonds is 6. The lowest BCUT2D eigenvalue weighted by Gasteiger charge is -2.07. The lowest BCUT2D eigenvalue weighted by atomic mass is 10.2. The highest BCUT2D eigenvalue weighted by atomic mass is 35.5. The Morgan fingerprint density at radius 1 is 1.24 bits per heavy atom. The molecule has 0 bridgehead atoms. The number of halogens is 2. The maximum atomic E-state index is 13.8. The van der Waals surface area contributed by atoms with E-state index in [0.29, 0.717) is 15.5 Å². The summed E-state index contributed by atoms with van der Waals surface area (Å²) in [6.45, 7) is 1.11. The van der Waals surface area contributed by atoms with Crippen LogP contribution in [0.4, 0.5) is 15.8 Å². The summed E-state index contributed by atoms with van der Waals surface area (Å²) in [5, 5.41) is 18.8. The van der Waals surface area contributed by atoms with Crippen LogP contribution in [0.25, 0.3) is 15.9 Å². The molecule has 0 atom stereocenters. The quantitative estimate of drug-likeness (QED) is 0.234. The third kappa shape index (κ3) is 4.69. The zero-order valence-corrected chi connectivity index (χ0v) is 18.4. The Bertz CT molecular complexity index is 1400. The van der Waals surface area contributed by atoms with Gasteiger partial charge in [-0.25, -0.2) is 13.9 Å². The second-order valence-electron chi connectivity index (χ2n) is 6.85. The summed E-state index contributed by atoms with van der Waals surface area (Å²) in [6.07, 6.45) is 0. The minimum Gasteiger partial charge on any atom is -0.451 e. The second kappa shape index (κ2) is 8.96. The van der Waals surface area contributed by atoms with Gasteiger partial charge < -0.3 is 10.1 Å². The van der Waals surface area contributed by atoms with Crippen LogP contribution in [0, 0.1) is 22.9 Å². The number of aromatic nitrogens is 2. The first kappa shape index (κ1) is 22.4. The molecule has 0 unspecified atom stereocenters. The number of ether oxygens (including phenoxy) is 1. The monoisotopic (exact) mass is 488 g/mol. The van der Waals surface area contributed by atoms with Crippen LogP contribution in [-0.4, -0.2) is 33.2 Å². The number of carbonyl (C=O) groups is 2. The van der Waals surface area contributed by atoms with Gasteiger partial charge in [0.1, 0.15) is 15.5 Å². The number of non-ortho nitro benzene ring substituents is 1. The fraction of sp³-hybridized carbons (Fsp3) is 0.0952. The molecule has 4 aromatic rings. The highest BCUT2D eigenvalue weighted by molar-refractivity contribution is 7.20. The first-order chi connectivity index (χ1) is 15.7. The Morgan fingerprint density at radius 2 is 1.97 bits per heavy atom. The average Bonchev–Trinajstić information content (AvgIpc) is 3.35. The van der Waals surface area contributed by atoms with E-state index in [1.807, 2.05) is 0 Å². The number of esters is 1. The van der Waals surface area contributed by atoms with E-state index in [9.17, 15) is 24.1 Å². The van der Waals surface area contributed by atoms with Crippen molar-refractivity contribution in [3.8, 4) is 5.69 Å². The molecule has 1 N–H and O–H groups in total. The molecule has 0 aliphatic heterocycles. The molecule has 168 valence electrons. The minimum atomic E-state index is -0.855. The number of nitrogens with one attached hydrogen (secondary N) is 1. The van der Waals surface area contributed by atoms with Gasteiger partial charge in [-0.1, -0.05) is 11.6 Å². The fourth-order valence-corrected chi connectivity index (χ4v) is 4.22. The Morgan fingerprint density at radius 3 is 2.67 bits per heavy atom. The Kier molecular flexibility index (Phi) is 6.07. The first-order valence-corrected chi connectivity index (χ1v) is 10.6. The number of carbonyl (C=O) groups excluding carboxylic acids is 2. The number of hydrogen-bond acceptors (Lipinski definition) is 7. The number of nitro groups is 1. The molecule has 2 aromatic heterocycles. The molecule has 0 fully saturated rings. The van der Waals surface area contributed by atoms with Crippen LogP contribution in [0.5, 0.6) is 0 Å². The summed E-state index contributed by atoms with van der Waals surface area (Å²) in [7, 11) is 0. The predicted octanol–water partition coefficient (Wildman–Crippen LogP) is 4.89. The standard InChI is InChI=1S/C21H14ClFN4O5S/c1-11-15-9-18(33-20(15)26(25-11)13-4-2-12(22)3-5-13)21(29)32-10-19(28)24-17-8-14(27(30)31)6-7-16(17)23/h2-9H,10H2,1H3,(H,24,28). The maximum absolute atomic E-state index is 13.8. The normalized spacial score (nSPS) is 10.9. The summed E-state index contributed by atoms with van der Waals surface area (Å²) < 4.78 is 20.5. The lowest BCUT2D eigenvalue weighted by Crippen LogP contribution is -2.21. The van der Waals surface area contributed by atoms with Crippen molar-refractivity contribution in [2.45, 2.75) is 6.92 Å². The smallest absolute Gasteiger partial charge is 0.348 e. The summed E-state index contributed by atoms with van der Waals surface area (Å²) >= 11 is 7.08. The van der Waals surface area contributed by atoms with E-state index in [-0.39, 0.29) is 16.3 Å². The molecular formula is C21H14ClFN4O5S. The number of amides is 1. The maximum Gasteiger partial charge on any atom is 0.348 e. The summed E-state index contributed by atoms with van der Waals surface area (Å²) in [5.41, 5.74) is 0.691. The van der Waals surface area contributed by atoms with E-state index >= 15 is 0 Å². The number of thiophene rings is 1. The largest absolute Gasteiger partial charge is 0.451 e. The van der Waals surface area contributed by atoms with Crippen molar-refractivity contribution in [3.63, 3.8) is 0 Å². The number of hydrogen-bond donors (Lipinski definition) is 1. The van der Waals surface area contributed by atoms with Crippen molar-refractivity contribution in [1.29, 1.82) is 0 Å². The van der Waals surface area contributed by atoms with Gasteiger partial charge in [-0.2, -0.15) is 5.10 Å². The van der Waals surface area contributed by atoms with E-state index in [2.05, 4.69) is 10.4 Å². The van der Waals surface area contributed by atoms with E-state index < -0.39 is 29.2 Å². The minimum absolute atomic E-state index is 0.252. The molecule has 0 aliphatic rings. The van der Waals surface area contributed by atoms with Crippen molar-refractivity contribution in [2.24, 2.45) is 0 Å². The molecule has 9 nitrogen and oxygen atoms in total. The van der Waals surface area contributed by atoms with Gasteiger partial charge in [-0.3, -0.25) is 14.9 Å². The van der Waals surface area contributed by atoms with Crippen LogP contribution in [0.1, 0.15) is 15.4 Å². The van der Waals surface area contributed by atoms with Crippen LogP contribution in [-0.2, 0) is 9.53 Å². The van der Waals surface area contributed by atoms with E-state index in [0.717, 1.165) is 40.6 Å². The van der Waals surface area contributed by atoms with Crippen LogP contribution in [0.3, 0.4) is 0 Å². The number of fused-ring (bicyclic) bond motifs is 1. The van der Waals surface area contributed by atoms with E-state index in [1.54, 1.807) is 41.9 Å². The number of aryl methyl sites for hydroxylation is 1. The van der Waals surface area contributed by atoms with Gasteiger partial charge >= 0.3 is 5.97 Å². The Balaban J connectivity index is 1.47. The van der Waals surface area contributed by atoms with Gasteiger partial charge in [0.2, 0.25) is 0 Å². The third-order valence-electron chi connectivity index (χ3n) is 4.59. The molecule has 33 heavy (non-hydrogen) atoms. The van der Waals surface area contributed by atoms with Gasteiger partial charge in [0.25, 0.3) is 11.6 Å². The van der Waals surface area contributed by atoms with Crippen LogP contribution in [0.15, 0.2) is 48.5 Å². The second-order valence-corrected chi connectivity index (χ2v) is 8.32. The topological polar surface area (TPSA) is 116 Å². The van der Waals surface area contributed by atoms with E-state index in [1.165, 1.54) is 0 Å². The zero-order valence-electron chi connectivity index (χ0n) is 16.9. The molecule has 2 heterocycles. The zero-order chi connectivity index (χ0) is 23.7. The van der Waals surface area contributed by atoms with Crippen molar-refractivity contribution in [2.75, 3.05) is 11.9 Å². The number of benzene rings is 2. The highest BCUT2D eigenvalue weighted by Crippen LogP contribution is 2.31. The van der Waals surface area contributed by atoms with Gasteiger partial charge in [-0.05, 0) is 43.3 Å². The molecular weight excluding hydrogens is 475 g/mol. The van der Waals surface area contributed by atoms with Crippen LogP contribution in [0.2, 0.25) is 5.02 Å². The van der Waals surface area contributed by atoms with Crippen molar-refractivity contribution in [1.82, 2.24) is 9.78 Å². The number of anilines is 1. The molecule has 0 radical (unpaired) electrons. The molecule has 0 aliphatic carbocycles. The number of nitrogens with zero attached hydrogens (tertiary/aromatic N) is 3. The van der Waals surface area contributed by atoms with Gasteiger partial charge in [0.15, 0.2) is 6.61 Å². The third-order valence-corrected chi connectivity index (χ3v) is 5.93. The van der Waals surface area contributed by atoms with Crippen molar-refractivity contribution >= 4 is 56.4 Å². The van der Waals surface area contributed by atoms with Crippen LogP contribution >= 0.6 is 22.9 Å². The Hall–Kier alpha value is -3.83. The van der Waals surface area contributed by atoms with Crippen molar-refractivity contribution < 1.29 is 23.6 Å². The predicted molar refractivity (Wildman–Crippen MR) is 121 cm³/mol. The Labute approximate surface area is 194 Å². The van der Waals surface area contributed by atoms with Gasteiger partial charge in [-0.15, -0.1) is 11.3 Å². The van der Waals surface area contributed by atoms with Gasteiger partial charge in [0, 0.05) is 22.5 Å². The summed E-state index contributed by atoms with van der Waals surface area (Å²) in [6, 6.07) is 11.4.